The van der Waals surface area contributed by atoms with E-state index in [4.69, 9.17) is 15.2 Å². The molecule has 0 aliphatic heterocycles. The van der Waals surface area contributed by atoms with E-state index in [1.165, 1.54) is 6.08 Å². The lowest BCUT2D eigenvalue weighted by Gasteiger charge is -2.10. The molecule has 6 nitrogen and oxygen atoms in total. The summed E-state index contributed by atoms with van der Waals surface area (Å²) in [7, 11) is 1.58. The van der Waals surface area contributed by atoms with Crippen molar-refractivity contribution in [2.45, 2.75) is 0 Å². The fourth-order valence-electron chi connectivity index (χ4n) is 2.65. The molecule has 29 heavy (non-hydrogen) atoms. The number of nitrogens with one attached hydrogen (secondary N) is 1. The molecule has 0 bridgehead atoms. The SMILES string of the molecule is COc1ccccc1/C=C/C(=O)Nc1ccc(Oc2ccccc2C(N)=O)cc1. The first-order valence-corrected chi connectivity index (χ1v) is 8.85. The third-order valence-corrected chi connectivity index (χ3v) is 4.06. The Kier molecular flexibility index (Phi) is 6.27. The van der Waals surface area contributed by atoms with E-state index in [0.29, 0.717) is 28.5 Å². The lowest BCUT2D eigenvalue weighted by atomic mass is 10.2. The van der Waals surface area contributed by atoms with E-state index in [0.717, 1.165) is 5.56 Å². The van der Waals surface area contributed by atoms with Crippen molar-refractivity contribution >= 4 is 23.6 Å². The van der Waals surface area contributed by atoms with E-state index in [1.807, 2.05) is 24.3 Å². The zero-order valence-corrected chi connectivity index (χ0v) is 15.8. The Morgan fingerprint density at radius 1 is 0.897 bits per heavy atom. The summed E-state index contributed by atoms with van der Waals surface area (Å²) in [5.41, 5.74) is 7.07. The summed E-state index contributed by atoms with van der Waals surface area (Å²) in [5, 5.41) is 2.77. The third-order valence-electron chi connectivity index (χ3n) is 4.06. The second kappa shape index (κ2) is 9.23. The fraction of sp³-hybridized carbons (Fsp3) is 0.0435. The van der Waals surface area contributed by atoms with Crippen LogP contribution in [0.1, 0.15) is 15.9 Å². The van der Waals surface area contributed by atoms with Crippen LogP contribution in [0.3, 0.4) is 0 Å². The van der Waals surface area contributed by atoms with Gasteiger partial charge in [-0.15, -0.1) is 0 Å². The van der Waals surface area contributed by atoms with E-state index < -0.39 is 5.91 Å². The molecule has 0 saturated heterocycles. The van der Waals surface area contributed by atoms with Crippen molar-refractivity contribution < 1.29 is 19.1 Å². The number of para-hydroxylation sites is 2. The quantitative estimate of drug-likeness (QED) is 0.593. The molecular formula is C23H20N2O4. The molecule has 3 rings (SSSR count). The fourth-order valence-corrected chi connectivity index (χ4v) is 2.65. The molecule has 0 heterocycles. The lowest BCUT2D eigenvalue weighted by molar-refractivity contribution is -0.111. The zero-order chi connectivity index (χ0) is 20.6. The highest BCUT2D eigenvalue weighted by Gasteiger charge is 2.09. The number of carbonyl (C=O) groups is 2. The van der Waals surface area contributed by atoms with Gasteiger partial charge in [0.15, 0.2) is 0 Å². The number of rotatable bonds is 7. The normalized spacial score (nSPS) is 10.5. The van der Waals surface area contributed by atoms with Gasteiger partial charge in [-0.2, -0.15) is 0 Å². The number of carbonyl (C=O) groups excluding carboxylic acids is 2. The van der Waals surface area contributed by atoms with E-state index in [9.17, 15) is 9.59 Å². The molecule has 0 aliphatic carbocycles. The van der Waals surface area contributed by atoms with Crippen LogP contribution in [0.5, 0.6) is 17.2 Å². The Morgan fingerprint density at radius 3 is 2.24 bits per heavy atom. The molecule has 3 aromatic rings. The number of ether oxygens (including phenoxy) is 2. The van der Waals surface area contributed by atoms with Gasteiger partial charge in [0, 0.05) is 17.3 Å². The molecule has 0 atom stereocenters. The summed E-state index contributed by atoms with van der Waals surface area (Å²) in [6.45, 7) is 0. The van der Waals surface area contributed by atoms with Gasteiger partial charge in [0.25, 0.3) is 5.91 Å². The van der Waals surface area contributed by atoms with Crippen LogP contribution in [0, 0.1) is 0 Å². The second-order valence-electron chi connectivity index (χ2n) is 6.05. The molecule has 2 amide bonds. The van der Waals surface area contributed by atoms with Crippen molar-refractivity contribution in [1.82, 2.24) is 0 Å². The van der Waals surface area contributed by atoms with Crippen molar-refractivity contribution in [3.8, 4) is 17.2 Å². The minimum absolute atomic E-state index is 0.274. The highest BCUT2D eigenvalue weighted by atomic mass is 16.5. The summed E-state index contributed by atoms with van der Waals surface area (Å²) in [4.78, 5) is 23.6. The highest BCUT2D eigenvalue weighted by Crippen LogP contribution is 2.26. The molecule has 0 spiro atoms. The standard InChI is InChI=1S/C23H20N2O4/c1-28-20-8-4-2-6-16(20)10-15-22(26)25-17-11-13-18(14-12-17)29-21-9-5-3-7-19(21)23(24)27/h2-15H,1H3,(H2,24,27)(H,25,26)/b15-10+. The van der Waals surface area contributed by atoms with Crippen LogP contribution in [-0.4, -0.2) is 18.9 Å². The maximum absolute atomic E-state index is 12.2. The molecule has 0 fully saturated rings. The minimum atomic E-state index is -0.564. The van der Waals surface area contributed by atoms with Gasteiger partial charge in [-0.3, -0.25) is 9.59 Å². The van der Waals surface area contributed by atoms with Crippen LogP contribution < -0.4 is 20.5 Å². The smallest absolute Gasteiger partial charge is 0.252 e. The molecule has 0 aromatic heterocycles. The van der Waals surface area contributed by atoms with E-state index in [-0.39, 0.29) is 5.91 Å². The lowest BCUT2D eigenvalue weighted by Crippen LogP contribution is -2.12. The monoisotopic (exact) mass is 388 g/mol. The molecule has 0 radical (unpaired) electrons. The third kappa shape index (κ3) is 5.23. The largest absolute Gasteiger partial charge is 0.496 e. The van der Waals surface area contributed by atoms with Crippen molar-refractivity contribution in [3.05, 3.63) is 90.0 Å². The summed E-state index contributed by atoms with van der Waals surface area (Å²) in [6, 6.07) is 20.9. The number of benzene rings is 3. The molecule has 0 unspecified atom stereocenters. The van der Waals surface area contributed by atoms with Crippen molar-refractivity contribution in [3.63, 3.8) is 0 Å². The van der Waals surface area contributed by atoms with Gasteiger partial charge in [-0.05, 0) is 48.5 Å². The number of anilines is 1. The Labute approximate surface area is 168 Å². The van der Waals surface area contributed by atoms with Crippen molar-refractivity contribution in [2.75, 3.05) is 12.4 Å². The first-order valence-electron chi connectivity index (χ1n) is 8.85. The predicted octanol–water partition coefficient (Wildman–Crippen LogP) is 4.24. The van der Waals surface area contributed by atoms with Crippen molar-refractivity contribution in [2.24, 2.45) is 5.73 Å². The van der Waals surface area contributed by atoms with Gasteiger partial charge in [0.1, 0.15) is 17.2 Å². The zero-order valence-electron chi connectivity index (χ0n) is 15.8. The summed E-state index contributed by atoms with van der Waals surface area (Å²) in [5.74, 6) is 0.738. The molecular weight excluding hydrogens is 368 g/mol. The van der Waals surface area contributed by atoms with E-state index in [1.54, 1.807) is 61.7 Å². The maximum Gasteiger partial charge on any atom is 0.252 e. The Hall–Kier alpha value is -4.06. The van der Waals surface area contributed by atoms with Gasteiger partial charge in [0.2, 0.25) is 5.91 Å². The molecule has 3 aromatic carbocycles. The van der Waals surface area contributed by atoms with Crippen molar-refractivity contribution in [1.29, 1.82) is 0 Å². The number of hydrogen-bond acceptors (Lipinski definition) is 4. The topological polar surface area (TPSA) is 90.7 Å². The van der Waals surface area contributed by atoms with Crippen LogP contribution in [0.15, 0.2) is 78.9 Å². The first kappa shape index (κ1) is 19.7. The molecule has 3 N–H and O–H groups in total. The van der Waals surface area contributed by atoms with Crippen LogP contribution in [0.25, 0.3) is 6.08 Å². The van der Waals surface area contributed by atoms with Crippen LogP contribution in [0.4, 0.5) is 5.69 Å². The summed E-state index contributed by atoms with van der Waals surface area (Å²) in [6.07, 6.45) is 3.12. The van der Waals surface area contributed by atoms with E-state index >= 15 is 0 Å². The van der Waals surface area contributed by atoms with Gasteiger partial charge in [0.05, 0.1) is 12.7 Å². The average Bonchev–Trinajstić information content (AvgIpc) is 2.74. The predicted molar refractivity (Wildman–Crippen MR) is 112 cm³/mol. The van der Waals surface area contributed by atoms with E-state index in [2.05, 4.69) is 5.32 Å². The Bertz CT molecular complexity index is 1040. The molecule has 0 saturated carbocycles. The van der Waals surface area contributed by atoms with Crippen LogP contribution >= 0.6 is 0 Å². The second-order valence-corrected chi connectivity index (χ2v) is 6.05. The van der Waals surface area contributed by atoms with Gasteiger partial charge in [-0.25, -0.2) is 0 Å². The summed E-state index contributed by atoms with van der Waals surface area (Å²) >= 11 is 0. The van der Waals surface area contributed by atoms with Crippen LogP contribution in [0.2, 0.25) is 0 Å². The highest BCUT2D eigenvalue weighted by molar-refractivity contribution is 6.02. The maximum atomic E-state index is 12.2. The molecule has 6 heteroatoms. The first-order chi connectivity index (χ1) is 14.1. The molecule has 146 valence electrons. The number of methoxy groups -OCH3 is 1. The number of nitrogens with two attached hydrogens (primary N) is 1. The Morgan fingerprint density at radius 2 is 1.55 bits per heavy atom. The number of primary amides is 1. The van der Waals surface area contributed by atoms with Gasteiger partial charge >= 0.3 is 0 Å². The van der Waals surface area contributed by atoms with Gasteiger partial charge in [-0.1, -0.05) is 30.3 Å². The van der Waals surface area contributed by atoms with Crippen LogP contribution in [-0.2, 0) is 4.79 Å². The minimum Gasteiger partial charge on any atom is -0.496 e. The van der Waals surface area contributed by atoms with Gasteiger partial charge < -0.3 is 20.5 Å². The number of amides is 2. The number of hydrogen-bond donors (Lipinski definition) is 2. The molecule has 0 aliphatic rings. The Balaban J connectivity index is 1.64. The average molecular weight is 388 g/mol. The summed E-state index contributed by atoms with van der Waals surface area (Å²) < 4.78 is 11.0.